The van der Waals surface area contributed by atoms with Gasteiger partial charge in [-0.3, -0.25) is 4.79 Å². The highest BCUT2D eigenvalue weighted by Crippen LogP contribution is 2.10. The highest BCUT2D eigenvalue weighted by atomic mass is 32.2. The third-order valence-electron chi connectivity index (χ3n) is 3.91. The van der Waals surface area contributed by atoms with Crippen LogP contribution in [0, 0.1) is 0 Å². The molecule has 1 aliphatic rings. The van der Waals surface area contributed by atoms with E-state index in [4.69, 9.17) is 9.88 Å². The van der Waals surface area contributed by atoms with Gasteiger partial charge < -0.3 is 15.4 Å². The van der Waals surface area contributed by atoms with Crippen molar-refractivity contribution in [3.63, 3.8) is 0 Å². The van der Waals surface area contributed by atoms with Crippen molar-refractivity contribution >= 4 is 15.9 Å². The lowest BCUT2D eigenvalue weighted by atomic mass is 10.1. The van der Waals surface area contributed by atoms with E-state index in [2.05, 4.69) is 10.6 Å². The Balaban J connectivity index is 1.58. The molecule has 1 saturated heterocycles. The Hall–Kier alpha value is -1.48. The van der Waals surface area contributed by atoms with Gasteiger partial charge in [0, 0.05) is 32.7 Å². The van der Waals surface area contributed by atoms with Gasteiger partial charge in [0.05, 0.1) is 11.0 Å². The lowest BCUT2D eigenvalue weighted by Crippen LogP contribution is -2.32. The summed E-state index contributed by atoms with van der Waals surface area (Å²) < 4.78 is 27.8. The van der Waals surface area contributed by atoms with Crippen LogP contribution in [0.3, 0.4) is 0 Å². The molecule has 0 spiro atoms. The maximum atomic E-state index is 11.7. The van der Waals surface area contributed by atoms with E-state index in [-0.39, 0.29) is 16.9 Å². The van der Waals surface area contributed by atoms with Gasteiger partial charge in [-0.1, -0.05) is 12.1 Å². The molecular weight excluding hydrogens is 330 g/mol. The number of sulfonamides is 1. The number of nitrogens with two attached hydrogens (primary N) is 1. The van der Waals surface area contributed by atoms with Crippen molar-refractivity contribution in [1.82, 2.24) is 10.6 Å². The van der Waals surface area contributed by atoms with Crippen LogP contribution >= 0.6 is 0 Å². The maximum absolute atomic E-state index is 11.7. The van der Waals surface area contributed by atoms with Gasteiger partial charge in [0.25, 0.3) is 0 Å². The summed E-state index contributed by atoms with van der Waals surface area (Å²) in [5.74, 6) is -0.00371. The monoisotopic (exact) mass is 355 g/mol. The summed E-state index contributed by atoms with van der Waals surface area (Å²) in [6.07, 6.45) is 3.55. The molecule has 4 N–H and O–H groups in total. The molecule has 134 valence electrons. The van der Waals surface area contributed by atoms with E-state index in [1.807, 2.05) is 0 Å². The molecule has 24 heavy (non-hydrogen) atoms. The minimum Gasteiger partial charge on any atom is -0.377 e. The Labute approximate surface area is 143 Å². The molecule has 0 radical (unpaired) electrons. The Morgan fingerprint density at radius 3 is 2.62 bits per heavy atom. The standard InChI is InChI=1S/C16H25N3O4S/c17-24(21,22)15-5-3-13(4-6-15)7-10-19-16(20)8-9-18-12-14-2-1-11-23-14/h3-6,14,18H,1-2,7-12H2,(H,19,20)(H2,17,21,22). The summed E-state index contributed by atoms with van der Waals surface area (Å²) in [6.45, 7) is 2.78. The number of ether oxygens (including phenoxy) is 1. The normalized spacial score (nSPS) is 17.8. The van der Waals surface area contributed by atoms with Crippen molar-refractivity contribution in [3.8, 4) is 0 Å². The minimum absolute atomic E-state index is 0.00371. The molecule has 1 unspecified atom stereocenters. The Morgan fingerprint density at radius 1 is 1.25 bits per heavy atom. The van der Waals surface area contributed by atoms with Crippen LogP contribution in [0.4, 0.5) is 0 Å². The number of amides is 1. The summed E-state index contributed by atoms with van der Waals surface area (Å²) in [5.41, 5.74) is 0.944. The summed E-state index contributed by atoms with van der Waals surface area (Å²) in [5, 5.41) is 11.1. The Bertz CT molecular complexity index is 625. The fourth-order valence-electron chi connectivity index (χ4n) is 2.55. The van der Waals surface area contributed by atoms with Crippen LogP contribution in [0.5, 0.6) is 0 Å². The van der Waals surface area contributed by atoms with Crippen molar-refractivity contribution < 1.29 is 17.9 Å². The van der Waals surface area contributed by atoms with Crippen LogP contribution in [-0.4, -0.2) is 46.7 Å². The number of primary sulfonamides is 1. The van der Waals surface area contributed by atoms with Crippen LogP contribution in [0.2, 0.25) is 0 Å². The second-order valence-corrected chi connectivity index (χ2v) is 7.44. The quantitative estimate of drug-likeness (QED) is 0.546. The summed E-state index contributed by atoms with van der Waals surface area (Å²) in [4.78, 5) is 11.8. The average Bonchev–Trinajstić information content (AvgIpc) is 3.04. The van der Waals surface area contributed by atoms with E-state index < -0.39 is 10.0 Å². The second-order valence-electron chi connectivity index (χ2n) is 5.88. The SMILES string of the molecule is NS(=O)(=O)c1ccc(CCNC(=O)CCNCC2CCCO2)cc1. The van der Waals surface area contributed by atoms with Crippen LogP contribution < -0.4 is 15.8 Å². The molecule has 0 aromatic heterocycles. The third kappa shape index (κ3) is 6.56. The van der Waals surface area contributed by atoms with E-state index in [0.29, 0.717) is 25.9 Å². The fourth-order valence-corrected chi connectivity index (χ4v) is 3.07. The molecule has 1 aliphatic heterocycles. The average molecular weight is 355 g/mol. The number of nitrogens with one attached hydrogen (secondary N) is 2. The van der Waals surface area contributed by atoms with Crippen molar-refractivity contribution in [3.05, 3.63) is 29.8 Å². The van der Waals surface area contributed by atoms with Crippen molar-refractivity contribution in [1.29, 1.82) is 0 Å². The predicted octanol–water partition coefficient (Wildman–Crippen LogP) is 0.151. The van der Waals surface area contributed by atoms with Gasteiger partial charge in [0.2, 0.25) is 15.9 Å². The second kappa shape index (κ2) is 9.12. The molecule has 7 nitrogen and oxygen atoms in total. The van der Waals surface area contributed by atoms with Crippen molar-refractivity contribution in [2.24, 2.45) is 5.14 Å². The summed E-state index contributed by atoms with van der Waals surface area (Å²) in [6, 6.07) is 6.35. The first-order valence-electron chi connectivity index (χ1n) is 8.16. The van der Waals surface area contributed by atoms with Crippen LogP contribution in [0.1, 0.15) is 24.8 Å². The lowest BCUT2D eigenvalue weighted by Gasteiger charge is -2.10. The molecule has 1 fully saturated rings. The Kier molecular flexibility index (Phi) is 7.16. The minimum atomic E-state index is -3.66. The molecule has 8 heteroatoms. The maximum Gasteiger partial charge on any atom is 0.238 e. The molecular formula is C16H25N3O4S. The first kappa shape index (κ1) is 18.9. The van der Waals surface area contributed by atoms with Gasteiger partial charge in [0.1, 0.15) is 0 Å². The van der Waals surface area contributed by atoms with Crippen molar-refractivity contribution in [2.45, 2.75) is 36.7 Å². The number of hydrogen-bond donors (Lipinski definition) is 3. The zero-order valence-electron chi connectivity index (χ0n) is 13.7. The molecule has 2 rings (SSSR count). The number of rotatable bonds is 9. The van der Waals surface area contributed by atoms with E-state index >= 15 is 0 Å². The van der Waals surface area contributed by atoms with Gasteiger partial charge in [-0.05, 0) is 37.0 Å². The molecule has 1 atom stereocenters. The number of benzene rings is 1. The largest absolute Gasteiger partial charge is 0.377 e. The number of carbonyl (C=O) groups is 1. The molecule has 1 amide bonds. The summed E-state index contributed by atoms with van der Waals surface area (Å²) in [7, 11) is -3.66. The zero-order chi connectivity index (χ0) is 17.4. The van der Waals surface area contributed by atoms with Gasteiger partial charge in [-0.25, -0.2) is 13.6 Å². The molecule has 0 aliphatic carbocycles. The molecule has 1 aromatic carbocycles. The molecule has 0 bridgehead atoms. The van der Waals surface area contributed by atoms with E-state index in [1.54, 1.807) is 12.1 Å². The van der Waals surface area contributed by atoms with E-state index in [1.165, 1.54) is 12.1 Å². The van der Waals surface area contributed by atoms with Crippen LogP contribution in [0.25, 0.3) is 0 Å². The van der Waals surface area contributed by atoms with Gasteiger partial charge in [0.15, 0.2) is 0 Å². The van der Waals surface area contributed by atoms with E-state index in [0.717, 1.165) is 31.6 Å². The first-order chi connectivity index (χ1) is 11.4. The highest BCUT2D eigenvalue weighted by Gasteiger charge is 2.14. The summed E-state index contributed by atoms with van der Waals surface area (Å²) >= 11 is 0. The first-order valence-corrected chi connectivity index (χ1v) is 9.70. The van der Waals surface area contributed by atoms with Gasteiger partial charge in [-0.2, -0.15) is 0 Å². The van der Waals surface area contributed by atoms with E-state index in [9.17, 15) is 13.2 Å². The molecule has 0 saturated carbocycles. The lowest BCUT2D eigenvalue weighted by molar-refractivity contribution is -0.120. The number of hydrogen-bond acceptors (Lipinski definition) is 5. The van der Waals surface area contributed by atoms with Gasteiger partial charge in [-0.15, -0.1) is 0 Å². The highest BCUT2D eigenvalue weighted by molar-refractivity contribution is 7.89. The predicted molar refractivity (Wildman–Crippen MR) is 91.0 cm³/mol. The smallest absolute Gasteiger partial charge is 0.238 e. The number of carbonyl (C=O) groups excluding carboxylic acids is 1. The topological polar surface area (TPSA) is 111 Å². The third-order valence-corrected chi connectivity index (χ3v) is 4.84. The zero-order valence-corrected chi connectivity index (χ0v) is 14.5. The molecule has 1 aromatic rings. The van der Waals surface area contributed by atoms with Crippen LogP contribution in [0.15, 0.2) is 29.2 Å². The fraction of sp³-hybridized carbons (Fsp3) is 0.562. The van der Waals surface area contributed by atoms with Gasteiger partial charge >= 0.3 is 0 Å². The van der Waals surface area contributed by atoms with Crippen LogP contribution in [-0.2, 0) is 26.0 Å². The Morgan fingerprint density at radius 2 is 2.00 bits per heavy atom. The van der Waals surface area contributed by atoms with Crippen molar-refractivity contribution in [2.75, 3.05) is 26.2 Å². The molecule has 1 heterocycles.